The maximum Gasteiger partial charge on any atom is 0.245 e. The minimum atomic E-state index is -2.25. The number of carbonyl (C=O) groups excluding carboxylic acids is 2. The molecule has 25 heavy (non-hydrogen) atoms. The fraction of sp³-hybridized carbons (Fsp3) is 0.375. The first-order valence-corrected chi connectivity index (χ1v) is 7.47. The Bertz CT molecular complexity index is 686. The molecule has 0 unspecified atom stereocenters. The van der Waals surface area contributed by atoms with E-state index in [0.29, 0.717) is 25.9 Å². The molecule has 136 valence electrons. The molecule has 0 aliphatic carbocycles. The number of benzene rings is 1. The number of carbonyl (C=O) groups is 2. The highest BCUT2D eigenvalue weighted by molar-refractivity contribution is 5.87. The standard InChI is InChI=1S/C16H15F5N2O2/c1-2-10(24)23-5-3-8(4-6-23)16(25)22-7-9-11(17)13(19)15(21)14(20)12(9)18/h2,8H,1,3-7H2,(H,22,25). The molecule has 4 nitrogen and oxygen atoms in total. The summed E-state index contributed by atoms with van der Waals surface area (Å²) in [5.41, 5.74) is -1.09. The van der Waals surface area contributed by atoms with E-state index in [0.717, 1.165) is 6.08 Å². The Kier molecular flexibility index (Phi) is 5.76. The monoisotopic (exact) mass is 362 g/mol. The molecular formula is C16H15F5N2O2. The molecule has 0 aromatic heterocycles. The molecule has 1 heterocycles. The second-order valence-electron chi connectivity index (χ2n) is 5.57. The van der Waals surface area contributed by atoms with E-state index in [2.05, 4.69) is 11.9 Å². The number of nitrogens with zero attached hydrogens (tertiary/aromatic N) is 1. The van der Waals surface area contributed by atoms with Crippen LogP contribution in [-0.4, -0.2) is 29.8 Å². The van der Waals surface area contributed by atoms with Gasteiger partial charge in [-0.05, 0) is 18.9 Å². The lowest BCUT2D eigenvalue weighted by molar-refractivity contribution is -0.132. The Morgan fingerprint density at radius 3 is 1.96 bits per heavy atom. The molecule has 2 amide bonds. The summed E-state index contributed by atoms with van der Waals surface area (Å²) >= 11 is 0. The Hall–Kier alpha value is -2.45. The van der Waals surface area contributed by atoms with Crippen LogP contribution >= 0.6 is 0 Å². The van der Waals surface area contributed by atoms with Gasteiger partial charge in [0.1, 0.15) is 0 Å². The maximum absolute atomic E-state index is 13.5. The first-order valence-electron chi connectivity index (χ1n) is 7.47. The molecule has 1 aromatic rings. The Morgan fingerprint density at radius 2 is 1.48 bits per heavy atom. The molecule has 0 atom stereocenters. The molecule has 0 spiro atoms. The summed E-state index contributed by atoms with van der Waals surface area (Å²) < 4.78 is 66.3. The minimum Gasteiger partial charge on any atom is -0.352 e. The van der Waals surface area contributed by atoms with Gasteiger partial charge in [0.05, 0.1) is 0 Å². The number of amides is 2. The highest BCUT2D eigenvalue weighted by atomic mass is 19.2. The lowest BCUT2D eigenvalue weighted by atomic mass is 9.95. The summed E-state index contributed by atoms with van der Waals surface area (Å²) in [6.45, 7) is 3.16. The van der Waals surface area contributed by atoms with Crippen LogP contribution in [0.4, 0.5) is 22.0 Å². The van der Waals surface area contributed by atoms with E-state index in [1.54, 1.807) is 0 Å². The number of piperidine rings is 1. The van der Waals surface area contributed by atoms with E-state index in [1.807, 2.05) is 0 Å². The van der Waals surface area contributed by atoms with Crippen LogP contribution in [0.1, 0.15) is 18.4 Å². The van der Waals surface area contributed by atoms with Gasteiger partial charge in [-0.15, -0.1) is 0 Å². The summed E-state index contributed by atoms with van der Waals surface area (Å²) in [5, 5.41) is 2.18. The van der Waals surface area contributed by atoms with E-state index >= 15 is 0 Å². The molecule has 1 aromatic carbocycles. The van der Waals surface area contributed by atoms with Gasteiger partial charge in [0.15, 0.2) is 23.3 Å². The van der Waals surface area contributed by atoms with Crippen LogP contribution in [0.5, 0.6) is 0 Å². The molecular weight excluding hydrogens is 347 g/mol. The average Bonchev–Trinajstić information content (AvgIpc) is 2.64. The van der Waals surface area contributed by atoms with Crippen molar-refractivity contribution in [3.8, 4) is 0 Å². The molecule has 1 fully saturated rings. The number of likely N-dealkylation sites (tertiary alicyclic amines) is 1. The predicted molar refractivity (Wildman–Crippen MR) is 77.6 cm³/mol. The molecule has 1 aliphatic rings. The quantitative estimate of drug-likeness (QED) is 0.387. The number of halogens is 5. The van der Waals surface area contributed by atoms with Crippen molar-refractivity contribution in [3.63, 3.8) is 0 Å². The Balaban J connectivity index is 2.00. The van der Waals surface area contributed by atoms with Gasteiger partial charge in [-0.1, -0.05) is 6.58 Å². The summed E-state index contributed by atoms with van der Waals surface area (Å²) in [4.78, 5) is 25.0. The van der Waals surface area contributed by atoms with E-state index in [-0.39, 0.29) is 5.91 Å². The van der Waals surface area contributed by atoms with Crippen LogP contribution in [-0.2, 0) is 16.1 Å². The normalized spacial score (nSPS) is 15.2. The van der Waals surface area contributed by atoms with Crippen molar-refractivity contribution in [2.24, 2.45) is 5.92 Å². The zero-order valence-corrected chi connectivity index (χ0v) is 13.1. The topological polar surface area (TPSA) is 49.4 Å². The van der Waals surface area contributed by atoms with Crippen molar-refractivity contribution < 1.29 is 31.5 Å². The minimum absolute atomic E-state index is 0.264. The van der Waals surface area contributed by atoms with E-state index in [1.165, 1.54) is 4.90 Å². The van der Waals surface area contributed by atoms with E-state index in [4.69, 9.17) is 0 Å². The fourth-order valence-electron chi connectivity index (χ4n) is 2.62. The number of hydrogen-bond donors (Lipinski definition) is 1. The van der Waals surface area contributed by atoms with Gasteiger partial charge in [-0.25, -0.2) is 22.0 Å². The third-order valence-corrected chi connectivity index (χ3v) is 4.09. The molecule has 0 radical (unpaired) electrons. The van der Waals surface area contributed by atoms with E-state index < -0.39 is 53.0 Å². The van der Waals surface area contributed by atoms with E-state index in [9.17, 15) is 31.5 Å². The number of rotatable bonds is 4. The lowest BCUT2D eigenvalue weighted by Crippen LogP contribution is -2.42. The zero-order chi connectivity index (χ0) is 18.7. The van der Waals surface area contributed by atoms with Gasteiger partial charge in [0, 0.05) is 31.1 Å². The summed E-state index contributed by atoms with van der Waals surface area (Å²) in [5.74, 6) is -11.7. The highest BCUT2D eigenvalue weighted by Crippen LogP contribution is 2.23. The van der Waals surface area contributed by atoms with Crippen molar-refractivity contribution in [2.45, 2.75) is 19.4 Å². The van der Waals surface area contributed by atoms with Gasteiger partial charge in [0.2, 0.25) is 17.6 Å². The van der Waals surface area contributed by atoms with Crippen molar-refractivity contribution in [3.05, 3.63) is 47.3 Å². The summed E-state index contributed by atoms with van der Waals surface area (Å²) in [7, 11) is 0. The van der Waals surface area contributed by atoms with Crippen molar-refractivity contribution in [1.82, 2.24) is 10.2 Å². The van der Waals surface area contributed by atoms with Crippen LogP contribution in [0.3, 0.4) is 0 Å². The van der Waals surface area contributed by atoms with Gasteiger partial charge >= 0.3 is 0 Å². The lowest BCUT2D eigenvalue weighted by Gasteiger charge is -2.30. The largest absolute Gasteiger partial charge is 0.352 e. The SMILES string of the molecule is C=CC(=O)N1CCC(C(=O)NCc2c(F)c(F)c(F)c(F)c2F)CC1. The molecule has 0 bridgehead atoms. The Morgan fingerprint density at radius 1 is 1.00 bits per heavy atom. The molecule has 1 aliphatic heterocycles. The van der Waals surface area contributed by atoms with Crippen LogP contribution < -0.4 is 5.32 Å². The predicted octanol–water partition coefficient (Wildman–Crippen LogP) is 2.42. The third kappa shape index (κ3) is 3.80. The van der Waals surface area contributed by atoms with Crippen LogP contribution in [0.15, 0.2) is 12.7 Å². The first-order chi connectivity index (χ1) is 11.8. The molecule has 0 saturated carbocycles. The van der Waals surface area contributed by atoms with Crippen molar-refractivity contribution in [1.29, 1.82) is 0 Å². The number of nitrogens with one attached hydrogen (secondary N) is 1. The average molecular weight is 362 g/mol. The van der Waals surface area contributed by atoms with Crippen molar-refractivity contribution >= 4 is 11.8 Å². The van der Waals surface area contributed by atoms with Gasteiger partial charge in [0.25, 0.3) is 0 Å². The molecule has 1 N–H and O–H groups in total. The van der Waals surface area contributed by atoms with Gasteiger partial charge in [-0.2, -0.15) is 0 Å². The zero-order valence-electron chi connectivity index (χ0n) is 13.1. The second kappa shape index (κ2) is 7.62. The van der Waals surface area contributed by atoms with Crippen molar-refractivity contribution in [2.75, 3.05) is 13.1 Å². The smallest absolute Gasteiger partial charge is 0.245 e. The first kappa shape index (κ1) is 18.9. The molecule has 9 heteroatoms. The fourth-order valence-corrected chi connectivity index (χ4v) is 2.62. The number of hydrogen-bond acceptors (Lipinski definition) is 2. The molecule has 2 rings (SSSR count). The molecule has 1 saturated heterocycles. The summed E-state index contributed by atoms with van der Waals surface area (Å²) in [6, 6.07) is 0. The maximum atomic E-state index is 13.5. The van der Waals surface area contributed by atoms with Gasteiger partial charge in [-0.3, -0.25) is 9.59 Å². The van der Waals surface area contributed by atoms with Crippen LogP contribution in [0, 0.1) is 35.0 Å². The van der Waals surface area contributed by atoms with Crippen LogP contribution in [0.25, 0.3) is 0 Å². The summed E-state index contributed by atoms with van der Waals surface area (Å²) in [6.07, 6.45) is 1.80. The third-order valence-electron chi connectivity index (χ3n) is 4.09. The Labute approximate surface area is 140 Å². The van der Waals surface area contributed by atoms with Crippen LogP contribution in [0.2, 0.25) is 0 Å². The highest BCUT2D eigenvalue weighted by Gasteiger charge is 2.29. The van der Waals surface area contributed by atoms with Gasteiger partial charge < -0.3 is 10.2 Å². The second-order valence-corrected chi connectivity index (χ2v) is 5.57.